The molecule has 0 aromatic carbocycles. The van der Waals surface area contributed by atoms with Crippen molar-refractivity contribution < 1.29 is 28.6 Å². The Labute approximate surface area is 512 Å². The van der Waals surface area contributed by atoms with Gasteiger partial charge in [-0.15, -0.1) is 0 Å². The number of allylic oxidation sites excluding steroid dienone is 24. The zero-order valence-electron chi connectivity index (χ0n) is 53.9. The van der Waals surface area contributed by atoms with Gasteiger partial charge >= 0.3 is 17.9 Å². The standard InChI is InChI=1S/C77H126O6/c1-4-7-10-13-16-19-22-25-28-31-33-35-37-38-40-41-43-46-49-52-55-58-61-64-67-70-76(79)82-73-74(72-81-75(78)69-66-63-60-57-54-51-48-45-30-27-24-21-18-15-12-9-6-3)83-77(80)71-68-65-62-59-56-53-50-47-44-42-39-36-34-32-29-26-23-20-17-14-11-8-5-2/h7,9-10,12,16,18-19,21,23,25-28,30,32-35,38,40,43,46,48,51,74H,4-6,8,11,13-15,17,20,22,24,29,31,36-37,39,41-42,44-45,47,49-50,52-73H2,1-3H3/b10-7-,12-9-,19-16-,21-18-,26-23-,28-25-,30-27-,34-32-,35-33-,40-38-,46-43-,51-48-. The van der Waals surface area contributed by atoms with Crippen LogP contribution in [0.3, 0.4) is 0 Å². The third-order valence-corrected chi connectivity index (χ3v) is 14.3. The van der Waals surface area contributed by atoms with Crippen LogP contribution in [0.2, 0.25) is 0 Å². The summed E-state index contributed by atoms with van der Waals surface area (Å²) in [5.74, 6) is -0.934. The molecule has 0 aromatic heterocycles. The number of ether oxygens (including phenoxy) is 3. The van der Waals surface area contributed by atoms with Gasteiger partial charge in [-0.25, -0.2) is 0 Å². The van der Waals surface area contributed by atoms with E-state index in [-0.39, 0.29) is 31.1 Å². The maximum atomic E-state index is 13.0. The van der Waals surface area contributed by atoms with Crippen LogP contribution >= 0.6 is 0 Å². The van der Waals surface area contributed by atoms with Crippen LogP contribution in [0, 0.1) is 0 Å². The largest absolute Gasteiger partial charge is 0.462 e. The Morgan fingerprint density at radius 1 is 0.253 bits per heavy atom. The van der Waals surface area contributed by atoms with Crippen molar-refractivity contribution in [1.29, 1.82) is 0 Å². The zero-order chi connectivity index (χ0) is 59.9. The van der Waals surface area contributed by atoms with Crippen molar-refractivity contribution in [2.45, 2.75) is 309 Å². The predicted octanol–water partition coefficient (Wildman–Crippen LogP) is 23.9. The Balaban J connectivity index is 4.45. The van der Waals surface area contributed by atoms with Gasteiger partial charge < -0.3 is 14.2 Å². The molecule has 0 saturated carbocycles. The van der Waals surface area contributed by atoms with E-state index in [4.69, 9.17) is 14.2 Å². The Kier molecular flexibility index (Phi) is 65.8. The molecule has 0 bridgehead atoms. The molecule has 0 fully saturated rings. The van der Waals surface area contributed by atoms with Crippen molar-refractivity contribution in [2.75, 3.05) is 13.2 Å². The lowest BCUT2D eigenvalue weighted by Gasteiger charge is -2.18. The summed E-state index contributed by atoms with van der Waals surface area (Å²) in [6, 6.07) is 0. The molecule has 0 rings (SSSR count). The van der Waals surface area contributed by atoms with E-state index in [9.17, 15) is 14.4 Å². The van der Waals surface area contributed by atoms with E-state index in [0.29, 0.717) is 19.3 Å². The van der Waals surface area contributed by atoms with Crippen LogP contribution < -0.4 is 0 Å². The molecule has 0 aliphatic rings. The van der Waals surface area contributed by atoms with E-state index < -0.39 is 6.10 Å². The summed E-state index contributed by atoms with van der Waals surface area (Å²) in [4.78, 5) is 38.5. The minimum atomic E-state index is -0.805. The Bertz CT molecular complexity index is 1800. The van der Waals surface area contributed by atoms with Gasteiger partial charge in [0.25, 0.3) is 0 Å². The van der Waals surface area contributed by atoms with Gasteiger partial charge in [0.05, 0.1) is 0 Å². The summed E-state index contributed by atoms with van der Waals surface area (Å²) in [7, 11) is 0. The van der Waals surface area contributed by atoms with Crippen LogP contribution in [0.15, 0.2) is 146 Å². The van der Waals surface area contributed by atoms with Gasteiger partial charge in [-0.3, -0.25) is 14.4 Å². The molecule has 0 saturated heterocycles. The highest BCUT2D eigenvalue weighted by Gasteiger charge is 2.19. The van der Waals surface area contributed by atoms with Crippen LogP contribution in [0.1, 0.15) is 303 Å². The highest BCUT2D eigenvalue weighted by atomic mass is 16.6. The lowest BCUT2D eigenvalue weighted by molar-refractivity contribution is -0.167. The third-order valence-electron chi connectivity index (χ3n) is 14.3. The summed E-state index contributed by atoms with van der Waals surface area (Å²) in [5, 5.41) is 0. The topological polar surface area (TPSA) is 78.9 Å². The molecule has 83 heavy (non-hydrogen) atoms. The van der Waals surface area contributed by atoms with Gasteiger partial charge in [-0.2, -0.15) is 0 Å². The van der Waals surface area contributed by atoms with E-state index in [0.717, 1.165) is 154 Å². The second-order valence-electron chi connectivity index (χ2n) is 22.3. The Morgan fingerprint density at radius 3 is 0.735 bits per heavy atom. The van der Waals surface area contributed by atoms with Crippen LogP contribution in [0.25, 0.3) is 0 Å². The van der Waals surface area contributed by atoms with Crippen molar-refractivity contribution in [3.8, 4) is 0 Å². The summed E-state index contributed by atoms with van der Waals surface area (Å²) >= 11 is 0. The number of unbranched alkanes of at least 4 members (excludes halogenated alkanes) is 26. The molecule has 0 spiro atoms. The summed E-state index contributed by atoms with van der Waals surface area (Å²) < 4.78 is 17.0. The van der Waals surface area contributed by atoms with Crippen molar-refractivity contribution >= 4 is 17.9 Å². The van der Waals surface area contributed by atoms with Crippen molar-refractivity contribution in [3.63, 3.8) is 0 Å². The Hall–Kier alpha value is -4.71. The lowest BCUT2D eigenvalue weighted by atomic mass is 10.0. The minimum absolute atomic E-state index is 0.0992. The number of hydrogen-bond acceptors (Lipinski definition) is 6. The average Bonchev–Trinajstić information content (AvgIpc) is 3.49. The molecule has 1 atom stereocenters. The number of rotatable bonds is 61. The molecule has 0 amide bonds. The fourth-order valence-corrected chi connectivity index (χ4v) is 9.23. The first-order valence-corrected chi connectivity index (χ1v) is 34.3. The summed E-state index contributed by atoms with van der Waals surface area (Å²) in [6.07, 6.45) is 100.0. The van der Waals surface area contributed by atoms with E-state index in [2.05, 4.69) is 167 Å². The first-order chi connectivity index (χ1) is 41.0. The molecular weight excluding hydrogens is 1020 g/mol. The number of carbonyl (C=O) groups excluding carboxylic acids is 3. The van der Waals surface area contributed by atoms with Crippen LogP contribution in [0.5, 0.6) is 0 Å². The monoisotopic (exact) mass is 1150 g/mol. The minimum Gasteiger partial charge on any atom is -0.462 e. The van der Waals surface area contributed by atoms with E-state index in [1.807, 2.05) is 0 Å². The molecule has 0 radical (unpaired) electrons. The summed E-state index contributed by atoms with van der Waals surface area (Å²) in [5.41, 5.74) is 0. The normalized spacial score (nSPS) is 13.0. The van der Waals surface area contributed by atoms with Crippen molar-refractivity contribution in [2.24, 2.45) is 0 Å². The molecule has 6 nitrogen and oxygen atoms in total. The molecule has 0 aliphatic heterocycles. The predicted molar refractivity (Wildman–Crippen MR) is 362 cm³/mol. The molecule has 0 aromatic rings. The molecule has 6 heteroatoms. The van der Waals surface area contributed by atoms with Gasteiger partial charge in [0, 0.05) is 19.3 Å². The first-order valence-electron chi connectivity index (χ1n) is 34.3. The molecular formula is C77H126O6. The van der Waals surface area contributed by atoms with E-state index in [1.165, 1.54) is 109 Å². The first kappa shape index (κ1) is 78.3. The number of hydrogen-bond donors (Lipinski definition) is 0. The molecule has 0 aliphatic carbocycles. The van der Waals surface area contributed by atoms with Gasteiger partial charge in [-0.1, -0.05) is 289 Å². The lowest BCUT2D eigenvalue weighted by Crippen LogP contribution is -2.30. The maximum Gasteiger partial charge on any atom is 0.306 e. The number of esters is 3. The summed E-state index contributed by atoms with van der Waals surface area (Å²) in [6.45, 7) is 6.39. The van der Waals surface area contributed by atoms with Gasteiger partial charge in [-0.05, 0) is 141 Å². The van der Waals surface area contributed by atoms with E-state index >= 15 is 0 Å². The third kappa shape index (κ3) is 68.0. The number of carbonyl (C=O) groups is 3. The molecule has 0 heterocycles. The zero-order valence-corrected chi connectivity index (χ0v) is 53.9. The second kappa shape index (κ2) is 69.8. The highest BCUT2D eigenvalue weighted by molar-refractivity contribution is 5.71. The van der Waals surface area contributed by atoms with Gasteiger partial charge in [0.2, 0.25) is 0 Å². The quantitative estimate of drug-likeness (QED) is 0.0261. The van der Waals surface area contributed by atoms with Crippen LogP contribution in [-0.4, -0.2) is 37.2 Å². The fraction of sp³-hybridized carbons (Fsp3) is 0.649. The van der Waals surface area contributed by atoms with E-state index in [1.54, 1.807) is 0 Å². The molecule has 470 valence electrons. The second-order valence-corrected chi connectivity index (χ2v) is 22.3. The van der Waals surface area contributed by atoms with Gasteiger partial charge in [0.15, 0.2) is 6.10 Å². The smallest absolute Gasteiger partial charge is 0.306 e. The molecule has 0 N–H and O–H groups in total. The maximum absolute atomic E-state index is 13.0. The molecule has 1 unspecified atom stereocenters. The Morgan fingerprint density at radius 2 is 0.470 bits per heavy atom. The SMILES string of the molecule is CC/C=C\C/C=C\C/C=C\C/C=C\C/C=C\C/C=C\CCCCCCCCC(=O)OCC(COC(=O)CCCCCC/C=C\C/C=C\C/C=C\C/C=C\CC)OC(=O)CCCCCCCCCCCCC/C=C\C/C=C\CCCCCCC. The van der Waals surface area contributed by atoms with Gasteiger partial charge in [0.1, 0.15) is 13.2 Å². The van der Waals surface area contributed by atoms with Crippen molar-refractivity contribution in [1.82, 2.24) is 0 Å². The fourth-order valence-electron chi connectivity index (χ4n) is 9.23. The highest BCUT2D eigenvalue weighted by Crippen LogP contribution is 2.16. The average molecular weight is 1150 g/mol. The van der Waals surface area contributed by atoms with Crippen molar-refractivity contribution in [3.05, 3.63) is 146 Å². The van der Waals surface area contributed by atoms with Crippen LogP contribution in [-0.2, 0) is 28.6 Å². The van der Waals surface area contributed by atoms with Crippen LogP contribution in [0.4, 0.5) is 0 Å².